The smallest absolute Gasteiger partial charge is 0.250 e. The topological polar surface area (TPSA) is 95.6 Å². The third kappa shape index (κ3) is 5.38. The molecule has 0 aliphatic rings. The Hall–Kier alpha value is -2.23. The van der Waals surface area contributed by atoms with E-state index in [1.807, 2.05) is 25.1 Å². The van der Waals surface area contributed by atoms with Gasteiger partial charge in [0.15, 0.2) is 0 Å². The Morgan fingerprint density at radius 1 is 1.15 bits per heavy atom. The SMILES string of the molecule is CCc1ccccc1NC(=O)CN(C)C(=O)CNS(=O)(=O)c1cccs1. The molecule has 1 aromatic heterocycles. The highest BCUT2D eigenvalue weighted by molar-refractivity contribution is 7.91. The van der Waals surface area contributed by atoms with E-state index in [0.717, 1.165) is 23.3 Å². The zero-order valence-corrected chi connectivity index (χ0v) is 16.2. The van der Waals surface area contributed by atoms with Crippen LogP contribution in [0.5, 0.6) is 0 Å². The van der Waals surface area contributed by atoms with Gasteiger partial charge in [-0.25, -0.2) is 13.1 Å². The van der Waals surface area contributed by atoms with Crippen molar-refractivity contribution >= 4 is 38.9 Å². The van der Waals surface area contributed by atoms with Gasteiger partial charge in [0.05, 0.1) is 13.1 Å². The fourth-order valence-corrected chi connectivity index (χ4v) is 4.24. The summed E-state index contributed by atoms with van der Waals surface area (Å²) >= 11 is 1.07. The van der Waals surface area contributed by atoms with Crippen LogP contribution in [0.4, 0.5) is 5.69 Å². The number of nitrogens with zero attached hydrogens (tertiary/aromatic N) is 1. The first kappa shape index (κ1) is 20.1. The molecule has 0 atom stereocenters. The van der Waals surface area contributed by atoms with E-state index in [9.17, 15) is 18.0 Å². The number of hydrogen-bond acceptors (Lipinski definition) is 5. The first-order valence-corrected chi connectivity index (χ1v) is 10.3. The Kier molecular flexibility index (Phi) is 6.90. The normalized spacial score (nSPS) is 11.2. The number of sulfonamides is 1. The van der Waals surface area contributed by atoms with Crippen molar-refractivity contribution in [2.75, 3.05) is 25.5 Å². The highest BCUT2D eigenvalue weighted by Gasteiger charge is 2.19. The number of hydrogen-bond donors (Lipinski definition) is 2. The molecule has 26 heavy (non-hydrogen) atoms. The lowest BCUT2D eigenvalue weighted by molar-refractivity contribution is -0.132. The first-order chi connectivity index (χ1) is 12.3. The summed E-state index contributed by atoms with van der Waals surface area (Å²) in [5, 5.41) is 4.41. The maximum absolute atomic E-state index is 12.1. The lowest BCUT2D eigenvalue weighted by Gasteiger charge is -2.18. The van der Waals surface area contributed by atoms with Crippen molar-refractivity contribution in [2.24, 2.45) is 0 Å². The molecule has 0 fully saturated rings. The van der Waals surface area contributed by atoms with E-state index in [0.29, 0.717) is 5.69 Å². The Labute approximate surface area is 157 Å². The van der Waals surface area contributed by atoms with Crippen molar-refractivity contribution < 1.29 is 18.0 Å². The minimum absolute atomic E-state index is 0.141. The number of rotatable bonds is 8. The van der Waals surface area contributed by atoms with Gasteiger partial charge in [-0.3, -0.25) is 9.59 Å². The summed E-state index contributed by atoms with van der Waals surface area (Å²) in [5.74, 6) is -0.841. The van der Waals surface area contributed by atoms with Crippen LogP contribution in [0.15, 0.2) is 46.0 Å². The zero-order chi connectivity index (χ0) is 19.2. The molecule has 1 aromatic carbocycles. The summed E-state index contributed by atoms with van der Waals surface area (Å²) in [6.07, 6.45) is 0.774. The Morgan fingerprint density at radius 3 is 2.54 bits per heavy atom. The quantitative estimate of drug-likeness (QED) is 0.711. The molecular weight excluding hydrogens is 374 g/mol. The maximum atomic E-state index is 12.1. The van der Waals surface area contributed by atoms with Crippen LogP contribution in [0, 0.1) is 0 Å². The average Bonchev–Trinajstić information content (AvgIpc) is 3.15. The lowest BCUT2D eigenvalue weighted by atomic mass is 10.1. The highest BCUT2D eigenvalue weighted by Crippen LogP contribution is 2.16. The number of para-hydroxylation sites is 1. The van der Waals surface area contributed by atoms with Gasteiger partial charge in [-0.15, -0.1) is 11.3 Å². The molecule has 2 N–H and O–H groups in total. The van der Waals surface area contributed by atoms with Gasteiger partial charge < -0.3 is 10.2 Å². The molecule has 2 rings (SSSR count). The number of thiophene rings is 1. The number of carbonyl (C=O) groups is 2. The number of amides is 2. The van der Waals surface area contributed by atoms with Crippen molar-refractivity contribution in [3.05, 3.63) is 47.3 Å². The van der Waals surface area contributed by atoms with Gasteiger partial charge in [0.2, 0.25) is 11.8 Å². The van der Waals surface area contributed by atoms with Crippen LogP contribution in [-0.4, -0.2) is 45.3 Å². The van der Waals surface area contributed by atoms with Crippen LogP contribution < -0.4 is 10.0 Å². The first-order valence-electron chi connectivity index (χ1n) is 7.98. The molecule has 140 valence electrons. The molecule has 0 bridgehead atoms. The summed E-state index contributed by atoms with van der Waals surface area (Å²) in [6.45, 7) is 1.41. The van der Waals surface area contributed by atoms with E-state index < -0.39 is 22.5 Å². The molecule has 0 saturated heterocycles. The molecule has 7 nitrogen and oxygen atoms in total. The standard InChI is InChI=1S/C17H21N3O4S2/c1-3-13-7-4-5-8-14(13)19-15(21)12-20(2)16(22)11-18-26(23,24)17-9-6-10-25-17/h4-10,18H,3,11-12H2,1-2H3,(H,19,21). The summed E-state index contributed by atoms with van der Waals surface area (Å²) in [5.41, 5.74) is 1.71. The number of anilines is 1. The second kappa shape index (κ2) is 8.93. The van der Waals surface area contributed by atoms with Crippen LogP contribution in [-0.2, 0) is 26.0 Å². The van der Waals surface area contributed by atoms with Crippen molar-refractivity contribution in [3.63, 3.8) is 0 Å². The molecule has 0 aliphatic heterocycles. The Balaban J connectivity index is 1.87. The van der Waals surface area contributed by atoms with E-state index in [1.165, 1.54) is 18.0 Å². The van der Waals surface area contributed by atoms with Crippen LogP contribution in [0.2, 0.25) is 0 Å². The number of benzene rings is 1. The molecule has 1 heterocycles. The predicted molar refractivity (Wildman–Crippen MR) is 102 cm³/mol. The molecule has 0 saturated carbocycles. The number of aryl methyl sites for hydroxylation is 1. The number of nitrogens with one attached hydrogen (secondary N) is 2. The largest absolute Gasteiger partial charge is 0.335 e. The third-order valence-corrected chi connectivity index (χ3v) is 6.45. The maximum Gasteiger partial charge on any atom is 0.250 e. The second-order valence-corrected chi connectivity index (χ2v) is 8.51. The molecule has 0 aliphatic carbocycles. The number of carbonyl (C=O) groups excluding carboxylic acids is 2. The second-order valence-electron chi connectivity index (χ2n) is 5.57. The highest BCUT2D eigenvalue weighted by atomic mass is 32.2. The van der Waals surface area contributed by atoms with E-state index >= 15 is 0 Å². The molecule has 2 aromatic rings. The summed E-state index contributed by atoms with van der Waals surface area (Å²) in [6, 6.07) is 10.5. The minimum atomic E-state index is -3.71. The van der Waals surface area contributed by atoms with Crippen LogP contribution in [0.1, 0.15) is 12.5 Å². The summed E-state index contributed by atoms with van der Waals surface area (Å²) in [4.78, 5) is 25.4. The monoisotopic (exact) mass is 395 g/mol. The fraction of sp³-hybridized carbons (Fsp3) is 0.294. The summed E-state index contributed by atoms with van der Waals surface area (Å²) < 4.78 is 26.4. The van der Waals surface area contributed by atoms with Gasteiger partial charge in [-0.1, -0.05) is 31.2 Å². The molecule has 0 unspecified atom stereocenters. The number of likely N-dealkylation sites (N-methyl/N-ethyl adjacent to an activating group) is 1. The summed E-state index contributed by atoms with van der Waals surface area (Å²) in [7, 11) is -2.26. The van der Waals surface area contributed by atoms with Gasteiger partial charge in [0.25, 0.3) is 10.0 Å². The minimum Gasteiger partial charge on any atom is -0.335 e. The molecular formula is C17H21N3O4S2. The van der Waals surface area contributed by atoms with E-state index in [-0.39, 0.29) is 16.7 Å². The van der Waals surface area contributed by atoms with Gasteiger partial charge in [0, 0.05) is 12.7 Å². The molecule has 0 radical (unpaired) electrons. The van der Waals surface area contributed by atoms with E-state index in [2.05, 4.69) is 10.0 Å². The molecule has 2 amide bonds. The van der Waals surface area contributed by atoms with Crippen LogP contribution >= 0.6 is 11.3 Å². The van der Waals surface area contributed by atoms with Crippen molar-refractivity contribution in [3.8, 4) is 0 Å². The van der Waals surface area contributed by atoms with Crippen LogP contribution in [0.25, 0.3) is 0 Å². The van der Waals surface area contributed by atoms with E-state index in [1.54, 1.807) is 17.5 Å². The van der Waals surface area contributed by atoms with Crippen molar-refractivity contribution in [2.45, 2.75) is 17.6 Å². The van der Waals surface area contributed by atoms with Gasteiger partial charge in [-0.05, 0) is 29.5 Å². The van der Waals surface area contributed by atoms with Crippen molar-refractivity contribution in [1.82, 2.24) is 9.62 Å². The van der Waals surface area contributed by atoms with E-state index in [4.69, 9.17) is 0 Å². The Morgan fingerprint density at radius 2 is 1.88 bits per heavy atom. The lowest BCUT2D eigenvalue weighted by Crippen LogP contribution is -2.41. The van der Waals surface area contributed by atoms with Crippen LogP contribution in [0.3, 0.4) is 0 Å². The Bertz CT molecular complexity index is 864. The third-order valence-electron chi connectivity index (χ3n) is 3.65. The van der Waals surface area contributed by atoms with Gasteiger partial charge >= 0.3 is 0 Å². The fourth-order valence-electron chi connectivity index (χ4n) is 2.22. The van der Waals surface area contributed by atoms with Gasteiger partial charge in [0.1, 0.15) is 4.21 Å². The van der Waals surface area contributed by atoms with Gasteiger partial charge in [-0.2, -0.15) is 0 Å². The molecule has 9 heteroatoms. The average molecular weight is 396 g/mol. The predicted octanol–water partition coefficient (Wildman–Crippen LogP) is 1.69. The van der Waals surface area contributed by atoms with Crippen molar-refractivity contribution in [1.29, 1.82) is 0 Å². The molecule has 0 spiro atoms. The zero-order valence-electron chi connectivity index (χ0n) is 14.6.